The van der Waals surface area contributed by atoms with Crippen LogP contribution < -0.4 is 5.32 Å². The Labute approximate surface area is 112 Å². The van der Waals surface area contributed by atoms with Crippen molar-refractivity contribution in [1.29, 1.82) is 0 Å². The van der Waals surface area contributed by atoms with Crippen LogP contribution in [-0.4, -0.2) is 12.5 Å². The number of carbonyl (C=O) groups excluding carboxylic acids is 1. The molecule has 0 heterocycles. The standard InChI is InChI=1S/C16H16FNO/c1-12(13-7-9-15(17)10-8-13)11-18-16(19)14-5-3-2-4-6-14/h2-10,12H,11H2,1H3,(H,18,19). The van der Waals surface area contributed by atoms with Crippen LogP contribution in [0.4, 0.5) is 4.39 Å². The smallest absolute Gasteiger partial charge is 0.251 e. The Morgan fingerprint density at radius 1 is 1.11 bits per heavy atom. The van der Waals surface area contributed by atoms with Gasteiger partial charge in [-0.05, 0) is 35.7 Å². The molecule has 0 aliphatic heterocycles. The average molecular weight is 257 g/mol. The Hall–Kier alpha value is -2.16. The van der Waals surface area contributed by atoms with Crippen molar-refractivity contribution < 1.29 is 9.18 Å². The fourth-order valence-electron chi connectivity index (χ4n) is 1.85. The summed E-state index contributed by atoms with van der Waals surface area (Å²) in [6, 6.07) is 15.4. The van der Waals surface area contributed by atoms with Crippen LogP contribution in [0.5, 0.6) is 0 Å². The normalized spacial score (nSPS) is 11.9. The summed E-state index contributed by atoms with van der Waals surface area (Å²) in [5.41, 5.74) is 1.66. The molecule has 0 fully saturated rings. The van der Waals surface area contributed by atoms with Gasteiger partial charge in [0.1, 0.15) is 5.82 Å². The first-order valence-corrected chi connectivity index (χ1v) is 6.25. The minimum Gasteiger partial charge on any atom is -0.351 e. The van der Waals surface area contributed by atoms with E-state index in [9.17, 15) is 9.18 Å². The highest BCUT2D eigenvalue weighted by Crippen LogP contribution is 2.14. The van der Waals surface area contributed by atoms with E-state index in [4.69, 9.17) is 0 Å². The second-order valence-corrected chi connectivity index (χ2v) is 4.53. The largest absolute Gasteiger partial charge is 0.351 e. The summed E-state index contributed by atoms with van der Waals surface area (Å²) in [5.74, 6) is -0.188. The van der Waals surface area contributed by atoms with Gasteiger partial charge in [-0.25, -0.2) is 4.39 Å². The van der Waals surface area contributed by atoms with Crippen LogP contribution in [0.25, 0.3) is 0 Å². The molecule has 1 amide bonds. The Balaban J connectivity index is 1.92. The van der Waals surface area contributed by atoms with E-state index < -0.39 is 0 Å². The van der Waals surface area contributed by atoms with Crippen LogP contribution in [0.2, 0.25) is 0 Å². The van der Waals surface area contributed by atoms with Gasteiger partial charge in [-0.1, -0.05) is 37.3 Å². The Morgan fingerprint density at radius 3 is 2.37 bits per heavy atom. The van der Waals surface area contributed by atoms with Gasteiger partial charge in [0.05, 0.1) is 0 Å². The predicted molar refractivity (Wildman–Crippen MR) is 73.6 cm³/mol. The van der Waals surface area contributed by atoms with Crippen molar-refractivity contribution in [3.8, 4) is 0 Å². The molecule has 3 heteroatoms. The van der Waals surface area contributed by atoms with E-state index in [2.05, 4.69) is 5.32 Å². The lowest BCUT2D eigenvalue weighted by atomic mass is 10.0. The molecule has 0 aliphatic rings. The van der Waals surface area contributed by atoms with Crippen LogP contribution in [-0.2, 0) is 0 Å². The highest BCUT2D eigenvalue weighted by atomic mass is 19.1. The van der Waals surface area contributed by atoms with Gasteiger partial charge in [0.25, 0.3) is 5.91 Å². The third-order valence-electron chi connectivity index (χ3n) is 3.04. The van der Waals surface area contributed by atoms with E-state index in [1.54, 1.807) is 24.3 Å². The summed E-state index contributed by atoms with van der Waals surface area (Å²) in [6.45, 7) is 2.53. The zero-order valence-corrected chi connectivity index (χ0v) is 10.8. The minimum atomic E-state index is -0.246. The molecule has 1 unspecified atom stereocenters. The summed E-state index contributed by atoms with van der Waals surface area (Å²) in [7, 11) is 0. The molecule has 0 aromatic heterocycles. The first kappa shape index (κ1) is 13.3. The van der Waals surface area contributed by atoms with Crippen molar-refractivity contribution >= 4 is 5.91 Å². The highest BCUT2D eigenvalue weighted by molar-refractivity contribution is 5.94. The first-order chi connectivity index (χ1) is 9.16. The van der Waals surface area contributed by atoms with Crippen LogP contribution in [0.15, 0.2) is 54.6 Å². The second-order valence-electron chi connectivity index (χ2n) is 4.53. The van der Waals surface area contributed by atoms with E-state index in [1.165, 1.54) is 12.1 Å². The zero-order valence-electron chi connectivity index (χ0n) is 10.8. The van der Waals surface area contributed by atoms with Crippen LogP contribution in [0.1, 0.15) is 28.8 Å². The van der Waals surface area contributed by atoms with Gasteiger partial charge in [0, 0.05) is 12.1 Å². The molecule has 0 bridgehead atoms. The molecule has 0 aliphatic carbocycles. The summed E-state index contributed by atoms with van der Waals surface area (Å²) in [5, 5.41) is 2.88. The maximum Gasteiger partial charge on any atom is 0.251 e. The maximum atomic E-state index is 12.8. The third-order valence-corrected chi connectivity index (χ3v) is 3.04. The molecule has 0 saturated heterocycles. The quantitative estimate of drug-likeness (QED) is 0.894. The second kappa shape index (κ2) is 6.14. The third kappa shape index (κ3) is 3.65. The zero-order chi connectivity index (χ0) is 13.7. The Kier molecular flexibility index (Phi) is 4.29. The number of halogens is 1. The van der Waals surface area contributed by atoms with Gasteiger partial charge in [-0.15, -0.1) is 0 Å². The van der Waals surface area contributed by atoms with Crippen LogP contribution in [0.3, 0.4) is 0 Å². The Morgan fingerprint density at radius 2 is 1.74 bits per heavy atom. The van der Waals surface area contributed by atoms with Gasteiger partial charge < -0.3 is 5.32 Å². The van der Waals surface area contributed by atoms with Crippen molar-refractivity contribution in [3.05, 3.63) is 71.5 Å². The molecule has 2 aromatic rings. The molecule has 2 aromatic carbocycles. The lowest BCUT2D eigenvalue weighted by Gasteiger charge is -2.13. The molecule has 19 heavy (non-hydrogen) atoms. The van der Waals surface area contributed by atoms with E-state index >= 15 is 0 Å². The number of amides is 1. The number of hydrogen-bond acceptors (Lipinski definition) is 1. The van der Waals surface area contributed by atoms with Gasteiger partial charge >= 0.3 is 0 Å². The van der Waals surface area contributed by atoms with Crippen molar-refractivity contribution in [1.82, 2.24) is 5.32 Å². The maximum absolute atomic E-state index is 12.8. The van der Waals surface area contributed by atoms with Gasteiger partial charge in [0.2, 0.25) is 0 Å². The fraction of sp³-hybridized carbons (Fsp3) is 0.188. The van der Waals surface area contributed by atoms with Gasteiger partial charge in [0.15, 0.2) is 0 Å². The number of nitrogens with one attached hydrogen (secondary N) is 1. The van der Waals surface area contributed by atoms with Crippen LogP contribution >= 0.6 is 0 Å². The summed E-state index contributed by atoms with van der Waals surface area (Å²) in [6.07, 6.45) is 0. The minimum absolute atomic E-state index is 0.0884. The van der Waals surface area contributed by atoms with E-state index in [0.29, 0.717) is 12.1 Å². The number of rotatable bonds is 4. The lowest BCUT2D eigenvalue weighted by molar-refractivity contribution is 0.0951. The van der Waals surface area contributed by atoms with Gasteiger partial charge in [-0.3, -0.25) is 4.79 Å². The molecule has 1 atom stereocenters. The number of hydrogen-bond donors (Lipinski definition) is 1. The SMILES string of the molecule is CC(CNC(=O)c1ccccc1)c1ccc(F)cc1. The lowest BCUT2D eigenvalue weighted by Crippen LogP contribution is -2.27. The molecule has 0 saturated carbocycles. The highest BCUT2D eigenvalue weighted by Gasteiger charge is 2.09. The van der Waals surface area contributed by atoms with Crippen molar-refractivity contribution in [3.63, 3.8) is 0 Å². The van der Waals surface area contributed by atoms with Crippen molar-refractivity contribution in [2.24, 2.45) is 0 Å². The fourth-order valence-corrected chi connectivity index (χ4v) is 1.85. The van der Waals surface area contributed by atoms with Crippen molar-refractivity contribution in [2.45, 2.75) is 12.8 Å². The molecular weight excluding hydrogens is 241 g/mol. The average Bonchev–Trinajstić information content (AvgIpc) is 2.46. The Bertz CT molecular complexity index is 536. The summed E-state index contributed by atoms with van der Waals surface area (Å²) >= 11 is 0. The van der Waals surface area contributed by atoms with Crippen LogP contribution in [0, 0.1) is 5.82 Å². The molecular formula is C16H16FNO. The molecule has 98 valence electrons. The molecule has 0 radical (unpaired) electrons. The molecule has 0 spiro atoms. The van der Waals surface area contributed by atoms with Crippen molar-refractivity contribution in [2.75, 3.05) is 6.54 Å². The molecule has 1 N–H and O–H groups in total. The van der Waals surface area contributed by atoms with E-state index in [0.717, 1.165) is 5.56 Å². The monoisotopic (exact) mass is 257 g/mol. The number of carbonyl (C=O) groups is 1. The topological polar surface area (TPSA) is 29.1 Å². The van der Waals surface area contributed by atoms with E-state index in [1.807, 2.05) is 25.1 Å². The van der Waals surface area contributed by atoms with E-state index in [-0.39, 0.29) is 17.6 Å². The number of benzene rings is 2. The molecule has 2 rings (SSSR count). The first-order valence-electron chi connectivity index (χ1n) is 6.25. The summed E-state index contributed by atoms with van der Waals surface area (Å²) in [4.78, 5) is 11.9. The molecule has 2 nitrogen and oxygen atoms in total. The predicted octanol–water partition coefficient (Wildman–Crippen LogP) is 3.36. The van der Waals surface area contributed by atoms with Gasteiger partial charge in [-0.2, -0.15) is 0 Å². The summed E-state index contributed by atoms with van der Waals surface area (Å²) < 4.78 is 12.8.